The average Bonchev–Trinajstić information content (AvgIpc) is 2.64. The minimum Gasteiger partial charge on any atom is -0.495 e. The molecule has 2 aromatic rings. The highest BCUT2D eigenvalue weighted by Gasteiger charge is 2.21. The number of methoxy groups -OCH3 is 1. The number of rotatable bonds is 11. The summed E-state index contributed by atoms with van der Waals surface area (Å²) in [5, 5.41) is 14.0. The second kappa shape index (κ2) is 11.4. The van der Waals surface area contributed by atoms with Gasteiger partial charge in [-0.15, -0.1) is 0 Å². The number of hydrogen-bond donors (Lipinski definition) is 3. The van der Waals surface area contributed by atoms with Crippen molar-refractivity contribution < 1.29 is 23.1 Å². The maximum absolute atomic E-state index is 11.6. The largest absolute Gasteiger partial charge is 0.495 e. The van der Waals surface area contributed by atoms with E-state index in [9.17, 15) is 18.3 Å². The first-order chi connectivity index (χ1) is 14.4. The fourth-order valence-corrected chi connectivity index (χ4v) is 3.97. The monoisotopic (exact) mass is 464 g/mol. The van der Waals surface area contributed by atoms with E-state index in [0.29, 0.717) is 17.7 Å². The molecule has 0 saturated carbocycles. The minimum absolute atomic E-state index is 0. The van der Waals surface area contributed by atoms with Crippen LogP contribution in [0.15, 0.2) is 42.5 Å². The molecule has 0 aliphatic rings. The Morgan fingerprint density at radius 2 is 1.81 bits per heavy atom. The topological polar surface area (TPSA) is 105 Å². The molecule has 0 bridgehead atoms. The first kappa shape index (κ1) is 27.6. The number of nitrogens with one attached hydrogen (secondary N) is 2. The molecule has 32 heavy (non-hydrogen) atoms. The van der Waals surface area contributed by atoms with Crippen LogP contribution >= 0.6 is 0 Å². The molecule has 0 saturated heterocycles. The highest BCUT2D eigenvalue weighted by atomic mass is 32.2. The summed E-state index contributed by atoms with van der Waals surface area (Å²) in [4.78, 5) is 11.4. The van der Waals surface area contributed by atoms with Crippen molar-refractivity contribution in [1.29, 1.82) is 0 Å². The second-order valence-corrected chi connectivity index (χ2v) is 10.2. The Morgan fingerprint density at radius 3 is 2.41 bits per heavy atom. The quantitative estimate of drug-likeness (QED) is 0.470. The molecular formula is C24H36N2O5S. The Labute approximate surface area is 192 Å². The van der Waals surface area contributed by atoms with Crippen molar-refractivity contribution in [3.05, 3.63) is 59.2 Å². The summed E-state index contributed by atoms with van der Waals surface area (Å²) in [6.07, 6.45) is 1.36. The molecule has 1 unspecified atom stereocenters. The molecule has 0 amide bonds. The molecule has 3 N–H and O–H groups in total. The summed E-state index contributed by atoms with van der Waals surface area (Å²) < 4.78 is 30.8. The average molecular weight is 465 g/mol. The third-order valence-corrected chi connectivity index (χ3v) is 5.36. The van der Waals surface area contributed by atoms with Crippen molar-refractivity contribution in [3.63, 3.8) is 0 Å². The van der Waals surface area contributed by atoms with Crippen LogP contribution in [0.3, 0.4) is 0 Å². The molecule has 178 valence electrons. The van der Waals surface area contributed by atoms with Crippen LogP contribution < -0.4 is 14.8 Å². The molecule has 1 atom stereocenters. The highest BCUT2D eigenvalue weighted by Crippen LogP contribution is 2.29. The standard InChI is InChI=1S/C23H32N2O5S.CH4/c1-16(26)11-17-7-6-8-18(12-17)14-23(2,3)24-15-21(27)19-9-10-22(30-4)20(13-19)25-31(5,28)29;/h6-10,12-13,21,24-25,27H,11,14-15H2,1-5H3;1H4. The number of ether oxygens (including phenoxy) is 1. The molecule has 0 heterocycles. The molecule has 2 aromatic carbocycles. The Bertz CT molecular complexity index is 1020. The van der Waals surface area contributed by atoms with Crippen LogP contribution in [0.4, 0.5) is 5.69 Å². The lowest BCUT2D eigenvalue weighted by atomic mass is 9.93. The Morgan fingerprint density at radius 1 is 1.16 bits per heavy atom. The van der Waals surface area contributed by atoms with Gasteiger partial charge in [-0.05, 0) is 56.0 Å². The van der Waals surface area contributed by atoms with Crippen LogP contribution in [0.5, 0.6) is 5.75 Å². The molecule has 2 rings (SSSR count). The summed E-state index contributed by atoms with van der Waals surface area (Å²) in [6, 6.07) is 12.9. The van der Waals surface area contributed by atoms with Crippen LogP contribution in [-0.2, 0) is 27.7 Å². The van der Waals surface area contributed by atoms with Crippen molar-refractivity contribution in [3.8, 4) is 5.75 Å². The first-order valence-corrected chi connectivity index (χ1v) is 11.9. The SMILES string of the molecule is C.COc1ccc(C(O)CNC(C)(C)Cc2cccc(CC(C)=O)c2)cc1NS(C)(=O)=O. The molecule has 0 aliphatic heterocycles. The van der Waals surface area contributed by atoms with E-state index in [1.54, 1.807) is 25.1 Å². The van der Waals surface area contributed by atoms with E-state index < -0.39 is 16.1 Å². The zero-order valence-corrected chi connectivity index (χ0v) is 19.5. The van der Waals surface area contributed by atoms with E-state index >= 15 is 0 Å². The van der Waals surface area contributed by atoms with Crippen LogP contribution in [0.1, 0.15) is 51.0 Å². The lowest BCUT2D eigenvalue weighted by Gasteiger charge is -2.28. The van der Waals surface area contributed by atoms with Crippen LogP contribution in [0.25, 0.3) is 0 Å². The van der Waals surface area contributed by atoms with E-state index in [-0.39, 0.29) is 31.0 Å². The van der Waals surface area contributed by atoms with Gasteiger partial charge in [-0.3, -0.25) is 9.52 Å². The van der Waals surface area contributed by atoms with Crippen molar-refractivity contribution in [2.75, 3.05) is 24.6 Å². The minimum atomic E-state index is -3.48. The number of β-amino-alcohol motifs (C(OH)–C–C–N with tert-alkyl or cyclic N) is 1. The number of Topliss-reactive ketones (excluding diaryl/α,β-unsaturated/α-hetero) is 1. The fraction of sp³-hybridized carbons (Fsp3) is 0.458. The predicted octanol–water partition coefficient (Wildman–Crippen LogP) is 3.48. The van der Waals surface area contributed by atoms with Crippen molar-refractivity contribution in [2.45, 2.75) is 52.7 Å². The van der Waals surface area contributed by atoms with E-state index in [0.717, 1.165) is 23.8 Å². The van der Waals surface area contributed by atoms with Gasteiger partial charge in [0.05, 0.1) is 25.2 Å². The zero-order chi connectivity index (χ0) is 23.2. The summed E-state index contributed by atoms with van der Waals surface area (Å²) in [7, 11) is -2.03. The summed E-state index contributed by atoms with van der Waals surface area (Å²) in [5.41, 5.74) is 2.64. The molecule has 0 fully saturated rings. The lowest BCUT2D eigenvalue weighted by Crippen LogP contribution is -2.43. The first-order valence-electron chi connectivity index (χ1n) is 10.0. The van der Waals surface area contributed by atoms with E-state index in [2.05, 4.69) is 10.0 Å². The van der Waals surface area contributed by atoms with Crippen molar-refractivity contribution in [2.24, 2.45) is 0 Å². The number of carbonyl (C=O) groups is 1. The van der Waals surface area contributed by atoms with Gasteiger partial charge in [0.25, 0.3) is 0 Å². The van der Waals surface area contributed by atoms with E-state index in [4.69, 9.17) is 4.74 Å². The van der Waals surface area contributed by atoms with Gasteiger partial charge in [0.2, 0.25) is 10.0 Å². The van der Waals surface area contributed by atoms with Crippen LogP contribution in [0.2, 0.25) is 0 Å². The van der Waals surface area contributed by atoms with Gasteiger partial charge in [-0.25, -0.2) is 8.42 Å². The smallest absolute Gasteiger partial charge is 0.229 e. The number of ketones is 1. The molecule has 8 heteroatoms. The molecule has 0 spiro atoms. The van der Waals surface area contributed by atoms with E-state index in [1.165, 1.54) is 7.11 Å². The number of carbonyl (C=O) groups excluding carboxylic acids is 1. The van der Waals surface area contributed by atoms with Gasteiger partial charge < -0.3 is 15.2 Å². The molecule has 0 aliphatic carbocycles. The number of aliphatic hydroxyl groups is 1. The Kier molecular flexibility index (Phi) is 9.88. The number of hydrogen-bond acceptors (Lipinski definition) is 6. The molecule has 0 aromatic heterocycles. The van der Waals surface area contributed by atoms with Crippen LogP contribution in [-0.4, -0.2) is 44.8 Å². The van der Waals surface area contributed by atoms with Gasteiger partial charge in [0.15, 0.2) is 0 Å². The Balaban J connectivity index is 0.00000512. The van der Waals surface area contributed by atoms with Gasteiger partial charge >= 0.3 is 0 Å². The number of anilines is 1. The second-order valence-electron chi connectivity index (χ2n) is 8.49. The summed E-state index contributed by atoms with van der Waals surface area (Å²) >= 11 is 0. The van der Waals surface area contributed by atoms with E-state index in [1.807, 2.05) is 38.1 Å². The number of sulfonamides is 1. The normalized spacial score (nSPS) is 12.6. The highest BCUT2D eigenvalue weighted by molar-refractivity contribution is 7.92. The fourth-order valence-electron chi connectivity index (χ4n) is 3.41. The molecule has 0 radical (unpaired) electrons. The van der Waals surface area contributed by atoms with Gasteiger partial charge in [0, 0.05) is 18.5 Å². The van der Waals surface area contributed by atoms with Gasteiger partial charge in [-0.1, -0.05) is 37.8 Å². The number of benzene rings is 2. The van der Waals surface area contributed by atoms with Crippen molar-refractivity contribution in [1.82, 2.24) is 5.32 Å². The third-order valence-electron chi connectivity index (χ3n) is 4.77. The maximum atomic E-state index is 11.6. The zero-order valence-electron chi connectivity index (χ0n) is 18.7. The van der Waals surface area contributed by atoms with Gasteiger partial charge in [-0.2, -0.15) is 0 Å². The maximum Gasteiger partial charge on any atom is 0.229 e. The van der Waals surface area contributed by atoms with Gasteiger partial charge in [0.1, 0.15) is 11.5 Å². The van der Waals surface area contributed by atoms with Crippen molar-refractivity contribution >= 4 is 21.5 Å². The third kappa shape index (κ3) is 8.98. The summed E-state index contributed by atoms with van der Waals surface area (Å²) in [5.74, 6) is 0.502. The molecule has 7 nitrogen and oxygen atoms in total. The number of aliphatic hydroxyl groups excluding tert-OH is 1. The van der Waals surface area contributed by atoms with Crippen LogP contribution in [0, 0.1) is 0 Å². The Hall–Kier alpha value is -2.42. The predicted molar refractivity (Wildman–Crippen MR) is 130 cm³/mol. The summed E-state index contributed by atoms with van der Waals surface area (Å²) in [6.45, 7) is 5.95. The molecular weight excluding hydrogens is 428 g/mol. The lowest BCUT2D eigenvalue weighted by molar-refractivity contribution is -0.116.